The zero-order chi connectivity index (χ0) is 100. The van der Waals surface area contributed by atoms with Crippen LogP contribution in [0, 0.1) is 5.92 Å². The second-order valence-corrected chi connectivity index (χ2v) is 35.6. The fourth-order valence-corrected chi connectivity index (χ4v) is 17.2. The number of carboxylic acid groups (broad SMARTS) is 1. The zero-order valence-corrected chi connectivity index (χ0v) is 78.2. The van der Waals surface area contributed by atoms with E-state index in [4.69, 9.17) is 17.2 Å². The number of nitrogens with zero attached hydrogens (tertiary/aromatic N) is 7. The number of phenolic OH excluding ortho intramolecular Hbond substituents is 1. The number of aliphatic carboxylic acids is 1. The number of phenols is 1. The third kappa shape index (κ3) is 29.9. The number of nitrogens with one attached hydrogen (secondary N) is 12. The lowest BCUT2D eigenvalue weighted by Gasteiger charge is -2.36. The summed E-state index contributed by atoms with van der Waals surface area (Å²) in [6.45, 7) is 4.86. The summed E-state index contributed by atoms with van der Waals surface area (Å²) in [6.07, 6.45) is 2.70. The Morgan fingerprint density at radius 3 is 1.80 bits per heavy atom. The van der Waals surface area contributed by atoms with E-state index in [9.17, 15) is 72.9 Å². The summed E-state index contributed by atoms with van der Waals surface area (Å²) in [5.74, 6) is -18.6. The minimum atomic E-state index is -1.79. The molecule has 0 unspecified atom stereocenters. The molecule has 21 N–H and O–H groups in total. The maximum absolute atomic E-state index is 15.8. The number of nitrogens with two attached hydrogens (primary N) is 3. The third-order valence-electron chi connectivity index (χ3n) is 24.7. The smallest absolute Gasteiger partial charge is 0.323 e. The lowest BCUT2D eigenvalue weighted by atomic mass is 9.99. The van der Waals surface area contributed by atoms with Crippen molar-refractivity contribution >= 4 is 140 Å². The molecule has 9 rings (SSSR count). The number of carbonyl (C=O) groups excluding carboxylic acids is 18. The second kappa shape index (κ2) is 50.4. The number of para-hydroxylation sites is 2. The lowest BCUT2D eigenvalue weighted by Crippen LogP contribution is -2.60. The Labute approximate surface area is 791 Å². The summed E-state index contributed by atoms with van der Waals surface area (Å²) in [7, 11) is 3.91. The van der Waals surface area contributed by atoms with E-state index < -0.39 is 255 Å². The van der Waals surface area contributed by atoms with Gasteiger partial charge in [-0.3, -0.25) is 96.1 Å². The third-order valence-corrected chi connectivity index (χ3v) is 24.7. The molecule has 0 spiro atoms. The number of aliphatic hydroxyl groups is 1. The molecular formula is C93H128N22O22. The zero-order valence-electron chi connectivity index (χ0n) is 78.2. The van der Waals surface area contributed by atoms with Crippen LogP contribution in [-0.2, 0) is 117 Å². The van der Waals surface area contributed by atoms with Gasteiger partial charge >= 0.3 is 5.97 Å². The number of H-pyrrole nitrogens is 1. The minimum absolute atomic E-state index is 0.0116. The van der Waals surface area contributed by atoms with Gasteiger partial charge in [-0.25, -0.2) is 0 Å². The number of hydrogen-bond acceptors (Lipinski definition) is 23. The number of rotatable bonds is 26. The van der Waals surface area contributed by atoms with Crippen LogP contribution >= 0.6 is 0 Å². The number of likely N-dealkylation sites (N-methyl/N-ethyl adjacent to an activating group) is 3. The van der Waals surface area contributed by atoms with E-state index in [1.54, 1.807) is 68.6 Å². The maximum Gasteiger partial charge on any atom is 0.323 e. The molecule has 5 aromatic rings. The van der Waals surface area contributed by atoms with Gasteiger partial charge in [0.15, 0.2) is 0 Å². The molecule has 44 nitrogen and oxygen atoms in total. The average molecular weight is 1910 g/mol. The van der Waals surface area contributed by atoms with Gasteiger partial charge in [-0.2, -0.15) is 0 Å². The fourth-order valence-electron chi connectivity index (χ4n) is 17.2. The number of aliphatic hydroxyl groups excluding tert-OH is 1. The van der Waals surface area contributed by atoms with E-state index in [1.807, 2.05) is 13.8 Å². The molecule has 6 heterocycles. The Kier molecular flexibility index (Phi) is 39.2. The monoisotopic (exact) mass is 1900 g/mol. The van der Waals surface area contributed by atoms with Crippen molar-refractivity contribution in [3.63, 3.8) is 0 Å². The van der Waals surface area contributed by atoms with Crippen LogP contribution in [0.2, 0.25) is 0 Å². The topological polar surface area (TPSA) is 645 Å². The van der Waals surface area contributed by atoms with E-state index in [2.05, 4.69) is 68.5 Å². The largest absolute Gasteiger partial charge is 0.508 e. The summed E-state index contributed by atoms with van der Waals surface area (Å²) < 4.78 is 1.43. The lowest BCUT2D eigenvalue weighted by molar-refractivity contribution is -0.149. The Morgan fingerprint density at radius 1 is 0.562 bits per heavy atom. The predicted molar refractivity (Wildman–Crippen MR) is 498 cm³/mol. The number of aromatic amines is 1. The molecule has 137 heavy (non-hydrogen) atoms. The van der Waals surface area contributed by atoms with Crippen molar-refractivity contribution in [1.82, 2.24) is 92.5 Å². The molecule has 44 heteroatoms. The van der Waals surface area contributed by atoms with Crippen molar-refractivity contribution in [2.45, 2.75) is 248 Å². The van der Waals surface area contributed by atoms with Crippen LogP contribution in [0.5, 0.6) is 5.75 Å². The number of aliphatic imine (C=N–C) groups is 1. The van der Waals surface area contributed by atoms with Crippen molar-refractivity contribution in [1.29, 1.82) is 0 Å². The highest BCUT2D eigenvalue weighted by Crippen LogP contribution is 2.29. The number of aromatic nitrogens is 2. The van der Waals surface area contributed by atoms with Gasteiger partial charge in [-0.15, -0.1) is 0 Å². The molecule has 0 bridgehead atoms. The van der Waals surface area contributed by atoms with Gasteiger partial charge in [0.1, 0.15) is 90.8 Å². The SMILES string of the molecule is CCCC[C@H]1C(=O)N(C)[C@@H](CCCC)C(=O)N[C@@H](CC(C)C)C(=O)N[C@H](C(=O)NCC(N)=O)CCNCC(=O)N[C@@H](Cc2ccc(O)cc2)C(=O)N(C)[C@@H](C)C(=O)N[C@@H](CC(N)=O)C(=O)N2CCC[C@H]2C(=O)N[C@@H](CC2=CN=CC2)C(=O)N[C@@H](CCC(N)=O)C(=O)N2C[C@H](O)C[C@H]2C(=O)N[C@@H](Cc2c[nH]c3ccccc23)C(=O)NCC(=O)N[C@@H](Cc2cn(CC(=O)O)c3ccccc23)C(=O)N1C. The summed E-state index contributed by atoms with van der Waals surface area (Å²) in [4.78, 5) is 287. The number of amides is 18. The molecule has 3 fully saturated rings. The summed E-state index contributed by atoms with van der Waals surface area (Å²) in [6, 6.07) is -0.842. The van der Waals surface area contributed by atoms with Gasteiger partial charge in [-0.05, 0) is 117 Å². The molecule has 14 atom stereocenters. The van der Waals surface area contributed by atoms with E-state index in [0.717, 1.165) is 24.5 Å². The average Bonchev–Trinajstić information content (AvgIpc) is 1.65. The van der Waals surface area contributed by atoms with Crippen LogP contribution in [0.4, 0.5) is 0 Å². The van der Waals surface area contributed by atoms with Crippen molar-refractivity contribution in [3.05, 3.63) is 114 Å². The molecular weight excluding hydrogens is 1780 g/mol. The first-order valence-electron chi connectivity index (χ1n) is 46.1. The number of fused-ring (bicyclic) bond motifs is 4. The van der Waals surface area contributed by atoms with Crippen LogP contribution in [0.25, 0.3) is 21.8 Å². The van der Waals surface area contributed by atoms with Gasteiger partial charge in [0.2, 0.25) is 106 Å². The van der Waals surface area contributed by atoms with E-state index in [-0.39, 0.29) is 95.4 Å². The number of primary amides is 3. The Balaban J connectivity index is 1.09. The van der Waals surface area contributed by atoms with Crippen molar-refractivity contribution < 1.29 is 106 Å². The molecule has 2 aromatic heterocycles. The van der Waals surface area contributed by atoms with Gasteiger partial charge in [-0.1, -0.05) is 102 Å². The molecule has 4 aliphatic rings. The summed E-state index contributed by atoms with van der Waals surface area (Å²) >= 11 is 0. The highest BCUT2D eigenvalue weighted by Gasteiger charge is 2.47. The van der Waals surface area contributed by atoms with Crippen LogP contribution < -0.4 is 75.7 Å². The predicted octanol–water partition coefficient (Wildman–Crippen LogP) is -2.70. The summed E-state index contributed by atoms with van der Waals surface area (Å²) in [5.41, 5.74) is 19.6. The fraction of sp³-hybridized carbons (Fsp3) is 0.527. The van der Waals surface area contributed by atoms with E-state index in [1.165, 1.54) is 75.5 Å². The first-order chi connectivity index (χ1) is 65.1. The number of carbonyl (C=O) groups is 19. The molecule has 3 aromatic carbocycles. The quantitative estimate of drug-likeness (QED) is 0.0268. The Hall–Kier alpha value is -14.2. The van der Waals surface area contributed by atoms with Gasteiger partial charge in [0, 0.05) is 119 Å². The number of aromatic hydroxyl groups is 1. The molecule has 0 saturated carbocycles. The van der Waals surface area contributed by atoms with Crippen molar-refractivity contribution in [2.24, 2.45) is 28.1 Å². The first kappa shape index (κ1) is 106. The van der Waals surface area contributed by atoms with Crippen LogP contribution in [0.3, 0.4) is 0 Å². The number of benzene rings is 3. The van der Waals surface area contributed by atoms with Crippen molar-refractivity contribution in [2.75, 3.05) is 60.4 Å². The number of hydrogen-bond donors (Lipinski definition) is 18. The standard InChI is InChI=1S/C93H128N22O22/c1-9-11-21-71-86(130)106-64(36-51(3)4)84(128)104-62(82(126)100-45-77(96)120)32-34-98-46-78(121)102-67(37-53-25-27-57(116)28-26-53)89(133)110(6)52(5)81(125)109-69(42-76(95)119)92(136)114-35-17-24-72(114)87(131)107-65(38-54-31-33-97-43-54)85(129)105-63(29-30-75(94)118)91(135)115-49-58(117)41-74(115)88(132)108-66(39-55-44-99-61-20-15-13-18-59(55)61)83(127)101-47-79(122)103-68(90(134)112(8)73(22-12-10-2)93(137)111(71)7)40-56-48-113(50-80(123)124)70-23-16-14-19-60(56)70/h13-16,18-20,23,25-28,33,43-44,48,51-52,58,62-69,71-74,98-99,116-117H,9-12,17,21-22,24,29-32,34-42,45-47,49-50H2,1-8H3,(H2,94,118)(H2,95,119)(H2,96,120)(H,100,126)(H,101,127)(H,102,121)(H,103,122)(H,104,128)(H,105,129)(H,106,130)(H,107,131)(H,108,132)(H,109,125)(H,123,124)/t52-,58+,62-,63-,64-,65-,66-,67-,68-,69-,71-,72-,73-,74-/m0/s1. The van der Waals surface area contributed by atoms with Gasteiger partial charge in [0.25, 0.3) is 0 Å². The van der Waals surface area contributed by atoms with Gasteiger partial charge in [0.05, 0.1) is 32.2 Å². The Bertz CT molecular complexity index is 5320. The van der Waals surface area contributed by atoms with Crippen molar-refractivity contribution in [3.8, 4) is 5.75 Å². The molecule has 0 radical (unpaired) electrons. The Morgan fingerprint density at radius 2 is 1.15 bits per heavy atom. The number of carboxylic acids is 1. The first-order valence-corrected chi connectivity index (χ1v) is 46.1. The number of unbranched alkanes of at least 4 members (excludes halogenated alkanes) is 2. The molecule has 742 valence electrons. The van der Waals surface area contributed by atoms with Crippen LogP contribution in [-0.4, -0.2) is 313 Å². The maximum atomic E-state index is 15.8. The van der Waals surface area contributed by atoms with Crippen LogP contribution in [0.1, 0.15) is 154 Å². The van der Waals surface area contributed by atoms with Gasteiger partial charge < -0.3 is 125 Å². The highest BCUT2D eigenvalue weighted by atomic mass is 16.4. The summed E-state index contributed by atoms with van der Waals surface area (Å²) in [5, 5.41) is 62.0. The minimum Gasteiger partial charge on any atom is -0.508 e. The molecule has 18 amide bonds. The molecule has 0 aliphatic carbocycles. The second-order valence-electron chi connectivity index (χ2n) is 35.6. The van der Waals surface area contributed by atoms with Crippen LogP contribution in [0.15, 0.2) is 102 Å². The van der Waals surface area contributed by atoms with E-state index in [0.29, 0.717) is 69.8 Å². The highest BCUT2D eigenvalue weighted by molar-refractivity contribution is 6.03. The molecule has 3 saturated heterocycles. The molecule has 4 aliphatic heterocycles. The van der Waals surface area contributed by atoms with E-state index >= 15 is 33.6 Å². The normalized spacial score (nSPS) is 24.5.